The first-order valence-electron chi connectivity index (χ1n) is 9.78. The molecular weight excluding hydrogens is 358 g/mol. The van der Waals surface area contributed by atoms with Crippen LogP contribution in [0, 0.1) is 0 Å². The molecule has 0 bridgehead atoms. The first-order chi connectivity index (χ1) is 14.1. The van der Waals surface area contributed by atoms with Gasteiger partial charge in [-0.2, -0.15) is 0 Å². The zero-order chi connectivity index (χ0) is 20.6. The SMILES string of the molecule is C=CCc1c(Cc2ccccc2)nc(CNC(=O)C(=C)C)n1Cc1ccccc1. The van der Waals surface area contributed by atoms with Crippen LogP contribution in [0.25, 0.3) is 0 Å². The minimum Gasteiger partial charge on any atom is -0.345 e. The number of allylic oxidation sites excluding steroid dienone is 1. The third kappa shape index (κ3) is 5.32. The van der Waals surface area contributed by atoms with Crippen LogP contribution in [0.2, 0.25) is 0 Å². The van der Waals surface area contributed by atoms with Crippen LogP contribution >= 0.6 is 0 Å². The maximum absolute atomic E-state index is 12.0. The largest absolute Gasteiger partial charge is 0.345 e. The number of nitrogens with one attached hydrogen (secondary N) is 1. The molecule has 0 atom stereocenters. The van der Waals surface area contributed by atoms with Crippen LogP contribution in [0.15, 0.2) is 85.5 Å². The van der Waals surface area contributed by atoms with Crippen molar-refractivity contribution in [1.29, 1.82) is 0 Å². The lowest BCUT2D eigenvalue weighted by Crippen LogP contribution is -2.25. The summed E-state index contributed by atoms with van der Waals surface area (Å²) in [4.78, 5) is 17.0. The Labute approximate surface area is 172 Å². The van der Waals surface area contributed by atoms with E-state index in [-0.39, 0.29) is 5.91 Å². The fraction of sp³-hybridized carbons (Fsp3) is 0.200. The van der Waals surface area contributed by atoms with E-state index in [1.807, 2.05) is 42.5 Å². The topological polar surface area (TPSA) is 46.9 Å². The molecule has 0 saturated carbocycles. The maximum Gasteiger partial charge on any atom is 0.246 e. The molecule has 4 nitrogen and oxygen atoms in total. The van der Waals surface area contributed by atoms with Crippen LogP contribution in [-0.2, 0) is 30.7 Å². The predicted octanol–water partition coefficient (Wildman–Crippen LogP) is 4.44. The van der Waals surface area contributed by atoms with Crippen LogP contribution in [0.1, 0.15) is 35.3 Å². The van der Waals surface area contributed by atoms with Gasteiger partial charge in [0.05, 0.1) is 12.2 Å². The lowest BCUT2D eigenvalue weighted by atomic mass is 10.1. The predicted molar refractivity (Wildman–Crippen MR) is 118 cm³/mol. The Morgan fingerprint density at radius 2 is 1.69 bits per heavy atom. The Morgan fingerprint density at radius 3 is 2.28 bits per heavy atom. The van der Waals surface area contributed by atoms with Gasteiger partial charge in [0.25, 0.3) is 0 Å². The van der Waals surface area contributed by atoms with E-state index in [0.29, 0.717) is 18.7 Å². The molecule has 3 aromatic rings. The van der Waals surface area contributed by atoms with Gasteiger partial charge < -0.3 is 9.88 Å². The Bertz CT molecular complexity index is 988. The fourth-order valence-electron chi connectivity index (χ4n) is 3.29. The number of amides is 1. The fourth-order valence-corrected chi connectivity index (χ4v) is 3.29. The van der Waals surface area contributed by atoms with Crippen LogP contribution in [0.5, 0.6) is 0 Å². The van der Waals surface area contributed by atoms with E-state index in [4.69, 9.17) is 4.98 Å². The lowest BCUT2D eigenvalue weighted by molar-refractivity contribution is -0.117. The Kier molecular flexibility index (Phi) is 6.80. The summed E-state index contributed by atoms with van der Waals surface area (Å²) in [7, 11) is 0. The maximum atomic E-state index is 12.0. The van der Waals surface area contributed by atoms with Crippen molar-refractivity contribution in [3.8, 4) is 0 Å². The summed E-state index contributed by atoms with van der Waals surface area (Å²) < 4.78 is 2.20. The molecule has 1 heterocycles. The molecule has 0 aliphatic rings. The number of hydrogen-bond donors (Lipinski definition) is 1. The Hall–Kier alpha value is -3.40. The highest BCUT2D eigenvalue weighted by molar-refractivity contribution is 5.91. The number of carbonyl (C=O) groups excluding carboxylic acids is 1. The molecule has 1 aromatic heterocycles. The number of carbonyl (C=O) groups is 1. The molecule has 0 aliphatic heterocycles. The third-order valence-electron chi connectivity index (χ3n) is 4.76. The highest BCUT2D eigenvalue weighted by Crippen LogP contribution is 2.20. The van der Waals surface area contributed by atoms with Crippen molar-refractivity contribution < 1.29 is 4.79 Å². The first kappa shape index (κ1) is 20.3. The van der Waals surface area contributed by atoms with Gasteiger partial charge in [-0.15, -0.1) is 6.58 Å². The number of rotatable bonds is 9. The van der Waals surface area contributed by atoms with Gasteiger partial charge in [0, 0.05) is 30.7 Å². The van der Waals surface area contributed by atoms with Gasteiger partial charge in [0.15, 0.2) is 0 Å². The van der Waals surface area contributed by atoms with Gasteiger partial charge >= 0.3 is 0 Å². The van der Waals surface area contributed by atoms with Crippen molar-refractivity contribution in [1.82, 2.24) is 14.9 Å². The Balaban J connectivity index is 1.98. The second-order valence-corrected chi connectivity index (χ2v) is 7.11. The van der Waals surface area contributed by atoms with Gasteiger partial charge in [-0.1, -0.05) is 73.3 Å². The number of benzene rings is 2. The molecule has 0 spiro atoms. The van der Waals surface area contributed by atoms with Crippen LogP contribution < -0.4 is 5.32 Å². The lowest BCUT2D eigenvalue weighted by Gasteiger charge is -2.13. The van der Waals surface area contributed by atoms with E-state index in [1.54, 1.807) is 6.92 Å². The summed E-state index contributed by atoms with van der Waals surface area (Å²) >= 11 is 0. The second kappa shape index (κ2) is 9.69. The summed E-state index contributed by atoms with van der Waals surface area (Å²) in [5.74, 6) is 0.681. The molecule has 4 heteroatoms. The zero-order valence-electron chi connectivity index (χ0n) is 16.9. The van der Waals surface area contributed by atoms with Crippen molar-refractivity contribution in [2.45, 2.75) is 32.9 Å². The van der Waals surface area contributed by atoms with Gasteiger partial charge in [0.1, 0.15) is 5.82 Å². The number of nitrogens with zero attached hydrogens (tertiary/aromatic N) is 2. The standard InChI is InChI=1S/C25H27N3O/c1-4-11-23-22(16-20-12-7-5-8-13-20)27-24(17-26-25(29)19(2)3)28(23)18-21-14-9-6-10-15-21/h4-10,12-15H,1-2,11,16-18H2,3H3,(H,26,29). The van der Waals surface area contributed by atoms with Crippen molar-refractivity contribution in [3.05, 3.63) is 114 Å². The molecule has 3 rings (SSSR count). The highest BCUT2D eigenvalue weighted by atomic mass is 16.1. The smallest absolute Gasteiger partial charge is 0.246 e. The molecule has 2 aromatic carbocycles. The minimum absolute atomic E-state index is 0.158. The quantitative estimate of drug-likeness (QED) is 0.437. The van der Waals surface area contributed by atoms with E-state index < -0.39 is 0 Å². The normalized spacial score (nSPS) is 10.5. The van der Waals surface area contributed by atoms with Crippen molar-refractivity contribution in [2.75, 3.05) is 0 Å². The number of imidazole rings is 1. The molecular formula is C25H27N3O. The number of hydrogen-bond acceptors (Lipinski definition) is 2. The molecule has 1 N–H and O–H groups in total. The molecule has 29 heavy (non-hydrogen) atoms. The van der Waals surface area contributed by atoms with Crippen LogP contribution in [0.3, 0.4) is 0 Å². The van der Waals surface area contributed by atoms with Crippen LogP contribution in [0.4, 0.5) is 0 Å². The molecule has 0 unspecified atom stereocenters. The van der Waals surface area contributed by atoms with Gasteiger partial charge in [-0.05, 0) is 18.1 Å². The summed E-state index contributed by atoms with van der Waals surface area (Å²) in [6, 6.07) is 20.6. The summed E-state index contributed by atoms with van der Waals surface area (Å²) in [6.07, 6.45) is 3.37. The average molecular weight is 386 g/mol. The molecule has 1 amide bonds. The van der Waals surface area contributed by atoms with Gasteiger partial charge in [0.2, 0.25) is 5.91 Å². The summed E-state index contributed by atoms with van der Waals surface area (Å²) in [5.41, 5.74) is 5.04. The van der Waals surface area contributed by atoms with Gasteiger partial charge in [-0.3, -0.25) is 4.79 Å². The van der Waals surface area contributed by atoms with E-state index >= 15 is 0 Å². The average Bonchev–Trinajstić information content (AvgIpc) is 3.04. The minimum atomic E-state index is -0.158. The molecule has 0 saturated heterocycles. The second-order valence-electron chi connectivity index (χ2n) is 7.11. The third-order valence-corrected chi connectivity index (χ3v) is 4.76. The first-order valence-corrected chi connectivity index (χ1v) is 9.78. The molecule has 0 fully saturated rings. The van der Waals surface area contributed by atoms with E-state index in [9.17, 15) is 4.79 Å². The van der Waals surface area contributed by atoms with E-state index in [0.717, 1.165) is 30.1 Å². The van der Waals surface area contributed by atoms with E-state index in [1.165, 1.54) is 11.1 Å². The summed E-state index contributed by atoms with van der Waals surface area (Å²) in [6.45, 7) is 10.4. The molecule has 148 valence electrons. The highest BCUT2D eigenvalue weighted by Gasteiger charge is 2.17. The van der Waals surface area contributed by atoms with Crippen molar-refractivity contribution >= 4 is 5.91 Å². The zero-order valence-corrected chi connectivity index (χ0v) is 16.9. The number of aromatic nitrogens is 2. The summed E-state index contributed by atoms with van der Waals surface area (Å²) in [5, 5.41) is 2.92. The van der Waals surface area contributed by atoms with Gasteiger partial charge in [-0.25, -0.2) is 4.98 Å². The Morgan fingerprint density at radius 1 is 1.07 bits per heavy atom. The van der Waals surface area contributed by atoms with E-state index in [2.05, 4.69) is 47.3 Å². The monoisotopic (exact) mass is 385 g/mol. The molecule has 0 radical (unpaired) electrons. The van der Waals surface area contributed by atoms with Crippen molar-refractivity contribution in [2.24, 2.45) is 0 Å². The van der Waals surface area contributed by atoms with Crippen molar-refractivity contribution in [3.63, 3.8) is 0 Å². The molecule has 0 aliphatic carbocycles. The van der Waals surface area contributed by atoms with Crippen LogP contribution in [-0.4, -0.2) is 15.5 Å².